The molecule has 2 fully saturated rings. The summed E-state index contributed by atoms with van der Waals surface area (Å²) in [5.74, 6) is -0.349. The Morgan fingerprint density at radius 3 is 2.64 bits per heavy atom. The smallest absolute Gasteiger partial charge is 0.319 e. The van der Waals surface area contributed by atoms with Crippen molar-refractivity contribution >= 4 is 39.2 Å². The van der Waals surface area contributed by atoms with E-state index in [1.165, 1.54) is 17.4 Å². The lowest BCUT2D eigenvalue weighted by atomic mass is 10.0. The molecule has 0 spiro atoms. The number of aromatic nitrogens is 1. The fraction of sp³-hybridized carbons (Fsp3) is 0.375. The van der Waals surface area contributed by atoms with Gasteiger partial charge in [-0.15, -0.1) is 11.3 Å². The standard InChI is InChI=1S/C24H26FN5O2S/c1-29-8-10-30(11-9-29)23(31)21-14-20-22(33-21)16(6-7-26-20)12-15-2-3-18(13-19(15)25)28-24(32)27-17-4-5-17/h2-3,6-7,13-14,17H,4-5,8-12H2,1H3,(H2,27,28,32). The second-order valence-corrected chi connectivity index (χ2v) is 9.80. The highest BCUT2D eigenvalue weighted by molar-refractivity contribution is 7.21. The Balaban J connectivity index is 1.32. The van der Waals surface area contributed by atoms with Crippen LogP contribution < -0.4 is 10.6 Å². The number of hydrogen-bond acceptors (Lipinski definition) is 5. The number of piperazine rings is 1. The molecule has 2 N–H and O–H groups in total. The maximum absolute atomic E-state index is 14.8. The van der Waals surface area contributed by atoms with E-state index in [0.717, 1.165) is 41.7 Å². The van der Waals surface area contributed by atoms with Crippen LogP contribution in [0.25, 0.3) is 10.2 Å². The number of urea groups is 1. The Hall–Kier alpha value is -3.04. The summed E-state index contributed by atoms with van der Waals surface area (Å²) in [6.45, 7) is 3.17. The Morgan fingerprint density at radius 1 is 1.12 bits per heavy atom. The van der Waals surface area contributed by atoms with Crippen molar-refractivity contribution < 1.29 is 14.0 Å². The van der Waals surface area contributed by atoms with Gasteiger partial charge in [-0.1, -0.05) is 6.07 Å². The van der Waals surface area contributed by atoms with Gasteiger partial charge in [-0.2, -0.15) is 0 Å². The molecule has 0 unspecified atom stereocenters. The molecular weight excluding hydrogens is 441 g/mol. The third kappa shape index (κ3) is 4.99. The molecule has 1 aliphatic heterocycles. The molecule has 2 aromatic heterocycles. The van der Waals surface area contributed by atoms with Crippen LogP contribution in [0, 0.1) is 5.82 Å². The van der Waals surface area contributed by atoms with Crippen molar-refractivity contribution in [3.63, 3.8) is 0 Å². The van der Waals surface area contributed by atoms with E-state index in [0.29, 0.717) is 35.6 Å². The number of carbonyl (C=O) groups excluding carboxylic acids is 2. The zero-order valence-electron chi connectivity index (χ0n) is 18.4. The van der Waals surface area contributed by atoms with Gasteiger partial charge in [-0.05, 0) is 55.3 Å². The monoisotopic (exact) mass is 467 g/mol. The van der Waals surface area contributed by atoms with Gasteiger partial charge in [0.05, 0.1) is 15.1 Å². The maximum atomic E-state index is 14.8. The summed E-state index contributed by atoms with van der Waals surface area (Å²) in [5, 5.41) is 5.50. The van der Waals surface area contributed by atoms with Gasteiger partial charge in [0, 0.05) is 50.5 Å². The van der Waals surface area contributed by atoms with E-state index in [1.54, 1.807) is 18.3 Å². The minimum absolute atomic E-state index is 0.0307. The first-order chi connectivity index (χ1) is 16.0. The van der Waals surface area contributed by atoms with Crippen molar-refractivity contribution in [3.05, 3.63) is 58.3 Å². The van der Waals surface area contributed by atoms with Crippen LogP contribution in [0.5, 0.6) is 0 Å². The number of nitrogens with one attached hydrogen (secondary N) is 2. The van der Waals surface area contributed by atoms with E-state index < -0.39 is 0 Å². The third-order valence-corrected chi connectivity index (χ3v) is 7.29. The predicted octanol–water partition coefficient (Wildman–Crippen LogP) is 3.70. The lowest BCUT2D eigenvalue weighted by Crippen LogP contribution is -2.46. The van der Waals surface area contributed by atoms with Crippen molar-refractivity contribution in [3.8, 4) is 0 Å². The van der Waals surface area contributed by atoms with Gasteiger partial charge in [0.25, 0.3) is 5.91 Å². The largest absolute Gasteiger partial charge is 0.335 e. The Bertz CT molecular complexity index is 1200. The molecule has 9 heteroatoms. The first-order valence-corrected chi connectivity index (χ1v) is 12.0. The topological polar surface area (TPSA) is 77.6 Å². The predicted molar refractivity (Wildman–Crippen MR) is 127 cm³/mol. The van der Waals surface area contributed by atoms with Gasteiger partial charge in [0.15, 0.2) is 0 Å². The molecule has 1 aliphatic carbocycles. The highest BCUT2D eigenvalue weighted by Crippen LogP contribution is 2.30. The summed E-state index contributed by atoms with van der Waals surface area (Å²) >= 11 is 1.42. The molecule has 7 nitrogen and oxygen atoms in total. The van der Waals surface area contributed by atoms with Crippen molar-refractivity contribution in [2.24, 2.45) is 0 Å². The van der Waals surface area contributed by atoms with Crippen molar-refractivity contribution in [1.29, 1.82) is 0 Å². The van der Waals surface area contributed by atoms with E-state index in [4.69, 9.17) is 0 Å². The molecule has 2 aliphatic rings. The lowest BCUT2D eigenvalue weighted by molar-refractivity contribution is 0.0669. The second kappa shape index (κ2) is 9.07. The first-order valence-electron chi connectivity index (χ1n) is 11.2. The number of rotatable bonds is 5. The van der Waals surface area contributed by atoms with Crippen molar-refractivity contribution in [1.82, 2.24) is 20.1 Å². The summed E-state index contributed by atoms with van der Waals surface area (Å²) in [5.41, 5.74) is 2.63. The summed E-state index contributed by atoms with van der Waals surface area (Å²) < 4.78 is 15.7. The van der Waals surface area contributed by atoms with Crippen LogP contribution >= 0.6 is 11.3 Å². The van der Waals surface area contributed by atoms with Crippen LogP contribution in [0.15, 0.2) is 36.5 Å². The van der Waals surface area contributed by atoms with Gasteiger partial charge in [0.2, 0.25) is 0 Å². The first kappa shape index (κ1) is 21.8. The summed E-state index contributed by atoms with van der Waals surface area (Å²) in [7, 11) is 2.06. The van der Waals surface area contributed by atoms with E-state index in [2.05, 4.69) is 27.6 Å². The zero-order valence-corrected chi connectivity index (χ0v) is 19.3. The molecule has 3 amide bonds. The number of fused-ring (bicyclic) bond motifs is 1. The molecule has 1 saturated heterocycles. The molecule has 1 aromatic carbocycles. The molecule has 1 saturated carbocycles. The summed E-state index contributed by atoms with van der Waals surface area (Å²) in [6, 6.07) is 8.39. The highest BCUT2D eigenvalue weighted by atomic mass is 32.1. The minimum atomic E-state index is -0.380. The molecular formula is C24H26FN5O2S. The van der Waals surface area contributed by atoms with E-state index in [9.17, 15) is 14.0 Å². The normalized spacial score (nSPS) is 16.7. The average molecular weight is 468 g/mol. The van der Waals surface area contributed by atoms with Gasteiger partial charge in [-0.3, -0.25) is 9.78 Å². The minimum Gasteiger partial charge on any atom is -0.335 e. The SMILES string of the molecule is CN1CCN(C(=O)c2cc3nccc(Cc4ccc(NC(=O)NC5CC5)cc4F)c3s2)CC1. The Labute approximate surface area is 195 Å². The molecule has 5 rings (SSSR count). The van der Waals surface area contributed by atoms with Crippen LogP contribution in [-0.2, 0) is 6.42 Å². The maximum Gasteiger partial charge on any atom is 0.319 e. The van der Waals surface area contributed by atoms with Crippen LogP contribution in [0.1, 0.15) is 33.6 Å². The fourth-order valence-electron chi connectivity index (χ4n) is 3.95. The molecule has 0 atom stereocenters. The van der Waals surface area contributed by atoms with Crippen LogP contribution in [-0.4, -0.2) is 66.0 Å². The average Bonchev–Trinajstić information content (AvgIpc) is 3.49. The number of carbonyl (C=O) groups is 2. The molecule has 0 radical (unpaired) electrons. The second-order valence-electron chi connectivity index (χ2n) is 8.75. The van der Waals surface area contributed by atoms with Gasteiger partial charge >= 0.3 is 6.03 Å². The van der Waals surface area contributed by atoms with Gasteiger partial charge in [0.1, 0.15) is 5.82 Å². The number of amides is 3. The summed E-state index contributed by atoms with van der Waals surface area (Å²) in [6.07, 6.45) is 4.06. The van der Waals surface area contributed by atoms with E-state index in [1.807, 2.05) is 17.0 Å². The van der Waals surface area contributed by atoms with E-state index >= 15 is 0 Å². The number of benzene rings is 1. The van der Waals surface area contributed by atoms with Crippen LogP contribution in [0.2, 0.25) is 0 Å². The fourth-order valence-corrected chi connectivity index (χ4v) is 5.05. The molecule has 33 heavy (non-hydrogen) atoms. The molecule has 0 bridgehead atoms. The van der Waals surface area contributed by atoms with Gasteiger partial charge < -0.3 is 20.4 Å². The number of anilines is 1. The highest BCUT2D eigenvalue weighted by Gasteiger charge is 2.24. The number of hydrogen-bond donors (Lipinski definition) is 2. The van der Waals surface area contributed by atoms with Crippen LogP contribution in [0.4, 0.5) is 14.9 Å². The number of pyridine rings is 1. The molecule has 172 valence electrons. The third-order valence-electron chi connectivity index (χ3n) is 6.10. The molecule has 3 aromatic rings. The number of nitrogens with zero attached hydrogens (tertiary/aromatic N) is 3. The van der Waals surface area contributed by atoms with Crippen molar-refractivity contribution in [2.45, 2.75) is 25.3 Å². The van der Waals surface area contributed by atoms with Crippen LogP contribution in [0.3, 0.4) is 0 Å². The Morgan fingerprint density at radius 2 is 1.91 bits per heavy atom. The summed E-state index contributed by atoms with van der Waals surface area (Å²) in [4.78, 5) is 34.1. The zero-order chi connectivity index (χ0) is 22.9. The number of thiophene rings is 1. The number of halogens is 1. The molecule has 3 heterocycles. The van der Waals surface area contributed by atoms with E-state index in [-0.39, 0.29) is 23.8 Å². The quantitative estimate of drug-likeness (QED) is 0.600. The van der Waals surface area contributed by atoms with Crippen molar-refractivity contribution in [2.75, 3.05) is 38.5 Å². The van der Waals surface area contributed by atoms with Gasteiger partial charge in [-0.25, -0.2) is 9.18 Å². The number of likely N-dealkylation sites (N-methyl/N-ethyl adjacent to an activating group) is 1. The lowest BCUT2D eigenvalue weighted by Gasteiger charge is -2.32. The Kier molecular flexibility index (Phi) is 5.99.